The molecule has 2 aromatic carbocycles. The van der Waals surface area contributed by atoms with E-state index in [4.69, 9.17) is 0 Å². The molecule has 0 aromatic heterocycles. The summed E-state index contributed by atoms with van der Waals surface area (Å²) in [5, 5.41) is 0. The SMILES string of the molecule is Cc1ccc(S(=O)(=O)CC2CN(S(C)(=O)=O)Cc3ccc(Br)cc32)cc1. The molecule has 140 valence electrons. The first kappa shape index (κ1) is 19.5. The molecule has 0 bridgehead atoms. The maximum atomic E-state index is 12.9. The van der Waals surface area contributed by atoms with Crippen LogP contribution in [-0.4, -0.2) is 39.7 Å². The van der Waals surface area contributed by atoms with Crippen molar-refractivity contribution in [1.29, 1.82) is 0 Å². The average molecular weight is 458 g/mol. The van der Waals surface area contributed by atoms with Gasteiger partial charge in [0, 0.05) is 23.5 Å². The van der Waals surface area contributed by atoms with E-state index in [1.165, 1.54) is 4.31 Å². The zero-order chi connectivity index (χ0) is 19.1. The summed E-state index contributed by atoms with van der Waals surface area (Å²) in [6, 6.07) is 12.3. The minimum Gasteiger partial charge on any atom is -0.224 e. The Balaban J connectivity index is 2.00. The first-order chi connectivity index (χ1) is 12.1. The molecular weight excluding hydrogens is 438 g/mol. The zero-order valence-corrected chi connectivity index (χ0v) is 17.7. The van der Waals surface area contributed by atoms with Crippen molar-refractivity contribution in [3.8, 4) is 0 Å². The minimum absolute atomic E-state index is 0.133. The fourth-order valence-corrected chi connectivity index (χ4v) is 5.95. The summed E-state index contributed by atoms with van der Waals surface area (Å²) in [5.74, 6) is -0.553. The number of rotatable bonds is 4. The lowest BCUT2D eigenvalue weighted by Crippen LogP contribution is -2.39. The fraction of sp³-hybridized carbons (Fsp3) is 0.333. The topological polar surface area (TPSA) is 71.5 Å². The van der Waals surface area contributed by atoms with Crippen molar-refractivity contribution in [3.05, 3.63) is 63.6 Å². The number of halogens is 1. The number of benzene rings is 2. The highest BCUT2D eigenvalue weighted by Gasteiger charge is 2.33. The van der Waals surface area contributed by atoms with Gasteiger partial charge in [-0.25, -0.2) is 16.8 Å². The fourth-order valence-electron chi connectivity index (χ4n) is 3.19. The van der Waals surface area contributed by atoms with Crippen LogP contribution < -0.4 is 0 Å². The summed E-state index contributed by atoms with van der Waals surface area (Å²) in [6.45, 7) is 2.32. The zero-order valence-electron chi connectivity index (χ0n) is 14.5. The molecule has 8 heteroatoms. The lowest BCUT2D eigenvalue weighted by Gasteiger charge is -2.33. The molecule has 1 aliphatic rings. The Labute approximate surface area is 163 Å². The van der Waals surface area contributed by atoms with Crippen molar-refractivity contribution in [2.24, 2.45) is 0 Å². The van der Waals surface area contributed by atoms with Gasteiger partial charge in [-0.15, -0.1) is 0 Å². The minimum atomic E-state index is -3.54. The van der Waals surface area contributed by atoms with Crippen molar-refractivity contribution < 1.29 is 16.8 Å². The van der Waals surface area contributed by atoms with Crippen LogP contribution in [0.1, 0.15) is 22.6 Å². The van der Waals surface area contributed by atoms with Crippen molar-refractivity contribution in [2.45, 2.75) is 24.3 Å². The number of aryl methyl sites for hydroxylation is 1. The summed E-state index contributed by atoms with van der Waals surface area (Å²) < 4.78 is 52.1. The quantitative estimate of drug-likeness (QED) is 0.706. The Morgan fingerprint density at radius 2 is 1.73 bits per heavy atom. The van der Waals surface area contributed by atoms with Gasteiger partial charge in [0.05, 0.1) is 16.9 Å². The van der Waals surface area contributed by atoms with E-state index in [1.54, 1.807) is 24.3 Å². The van der Waals surface area contributed by atoms with Gasteiger partial charge < -0.3 is 0 Å². The molecule has 2 aromatic rings. The standard InChI is InChI=1S/C18H20BrNO4S2/c1-13-3-7-17(8-4-13)26(23,24)12-15-11-20(25(2,21)22)10-14-5-6-16(19)9-18(14)15/h3-9,15H,10-12H2,1-2H3. The smallest absolute Gasteiger partial charge is 0.211 e. The van der Waals surface area contributed by atoms with Crippen LogP contribution in [0.2, 0.25) is 0 Å². The number of nitrogens with zero attached hydrogens (tertiary/aromatic N) is 1. The Hall–Kier alpha value is -1.22. The van der Waals surface area contributed by atoms with E-state index in [1.807, 2.05) is 25.1 Å². The lowest BCUT2D eigenvalue weighted by molar-refractivity contribution is 0.366. The molecule has 0 saturated heterocycles. The van der Waals surface area contributed by atoms with Crippen molar-refractivity contribution in [1.82, 2.24) is 4.31 Å². The maximum absolute atomic E-state index is 12.9. The lowest BCUT2D eigenvalue weighted by atomic mass is 9.92. The van der Waals surface area contributed by atoms with Gasteiger partial charge in [-0.3, -0.25) is 0 Å². The predicted molar refractivity (Wildman–Crippen MR) is 105 cm³/mol. The molecule has 0 amide bonds. The summed E-state index contributed by atoms with van der Waals surface area (Å²) in [6.07, 6.45) is 1.16. The third-order valence-corrected chi connectivity index (χ3v) is 8.13. The Morgan fingerprint density at radius 3 is 2.35 bits per heavy atom. The second-order valence-corrected chi connectivity index (χ2v) is 11.6. The molecule has 5 nitrogen and oxygen atoms in total. The Morgan fingerprint density at radius 1 is 1.08 bits per heavy atom. The molecule has 26 heavy (non-hydrogen) atoms. The van der Waals surface area contributed by atoms with E-state index in [9.17, 15) is 16.8 Å². The molecule has 0 saturated carbocycles. The monoisotopic (exact) mass is 457 g/mol. The molecule has 1 heterocycles. The van der Waals surface area contributed by atoms with Crippen molar-refractivity contribution in [2.75, 3.05) is 18.6 Å². The van der Waals surface area contributed by atoms with E-state index in [0.29, 0.717) is 0 Å². The second-order valence-electron chi connectivity index (χ2n) is 6.69. The molecule has 1 unspecified atom stereocenters. The second kappa shape index (κ2) is 7.07. The maximum Gasteiger partial charge on any atom is 0.211 e. The number of hydrogen-bond donors (Lipinski definition) is 0. The predicted octanol–water partition coefficient (Wildman–Crippen LogP) is 3.09. The van der Waals surface area contributed by atoms with Crippen LogP contribution in [0.25, 0.3) is 0 Å². The van der Waals surface area contributed by atoms with Gasteiger partial charge in [0.1, 0.15) is 0 Å². The van der Waals surface area contributed by atoms with Crippen LogP contribution >= 0.6 is 15.9 Å². The Bertz CT molecular complexity index is 1030. The number of hydrogen-bond acceptors (Lipinski definition) is 4. The average Bonchev–Trinajstić information content (AvgIpc) is 2.54. The van der Waals surface area contributed by atoms with Crippen LogP contribution in [0.3, 0.4) is 0 Å². The molecular formula is C18H20BrNO4S2. The van der Waals surface area contributed by atoms with Gasteiger partial charge >= 0.3 is 0 Å². The highest BCUT2D eigenvalue weighted by atomic mass is 79.9. The van der Waals surface area contributed by atoms with Gasteiger partial charge in [0.15, 0.2) is 9.84 Å². The molecule has 0 radical (unpaired) electrons. The largest absolute Gasteiger partial charge is 0.224 e. The van der Waals surface area contributed by atoms with Crippen molar-refractivity contribution >= 4 is 35.8 Å². The number of sulfonamides is 1. The normalized spacial score (nSPS) is 18.5. The first-order valence-electron chi connectivity index (χ1n) is 8.09. The molecule has 0 aliphatic carbocycles. The third kappa shape index (κ3) is 4.19. The molecule has 0 spiro atoms. The van der Waals surface area contributed by atoms with E-state index < -0.39 is 25.8 Å². The van der Waals surface area contributed by atoms with Gasteiger partial charge in [-0.05, 0) is 42.3 Å². The third-order valence-electron chi connectivity index (χ3n) is 4.59. The van der Waals surface area contributed by atoms with Crippen LogP contribution in [0, 0.1) is 6.92 Å². The van der Waals surface area contributed by atoms with Gasteiger partial charge in [0.25, 0.3) is 0 Å². The Kier molecular flexibility index (Phi) is 5.31. The molecule has 3 rings (SSSR count). The van der Waals surface area contributed by atoms with Crippen LogP contribution in [0.15, 0.2) is 51.8 Å². The van der Waals surface area contributed by atoms with Crippen LogP contribution in [-0.2, 0) is 26.4 Å². The van der Waals surface area contributed by atoms with Crippen LogP contribution in [0.4, 0.5) is 0 Å². The molecule has 0 fully saturated rings. The van der Waals surface area contributed by atoms with E-state index >= 15 is 0 Å². The van der Waals surface area contributed by atoms with E-state index in [-0.39, 0.29) is 23.7 Å². The molecule has 1 atom stereocenters. The number of sulfone groups is 1. The van der Waals surface area contributed by atoms with Gasteiger partial charge in [0.2, 0.25) is 10.0 Å². The first-order valence-corrected chi connectivity index (χ1v) is 12.4. The van der Waals surface area contributed by atoms with Crippen molar-refractivity contribution in [3.63, 3.8) is 0 Å². The summed E-state index contributed by atoms with van der Waals surface area (Å²) >= 11 is 3.42. The summed E-state index contributed by atoms with van der Waals surface area (Å²) in [5.41, 5.74) is 2.71. The van der Waals surface area contributed by atoms with Gasteiger partial charge in [-0.2, -0.15) is 4.31 Å². The van der Waals surface area contributed by atoms with Gasteiger partial charge in [-0.1, -0.05) is 39.7 Å². The molecule has 1 aliphatic heterocycles. The van der Waals surface area contributed by atoms with E-state index in [2.05, 4.69) is 15.9 Å². The summed E-state index contributed by atoms with van der Waals surface area (Å²) in [4.78, 5) is 0.260. The van der Waals surface area contributed by atoms with E-state index in [0.717, 1.165) is 27.4 Å². The highest BCUT2D eigenvalue weighted by Crippen LogP contribution is 2.33. The van der Waals surface area contributed by atoms with Crippen LogP contribution in [0.5, 0.6) is 0 Å². The highest BCUT2D eigenvalue weighted by molar-refractivity contribution is 9.10. The number of fused-ring (bicyclic) bond motifs is 1. The summed E-state index contributed by atoms with van der Waals surface area (Å²) in [7, 11) is -6.95. The molecule has 0 N–H and O–H groups in total.